The quantitative estimate of drug-likeness (QED) is 0.901. The lowest BCUT2D eigenvalue weighted by Gasteiger charge is -2.28. The molecule has 2 unspecified atom stereocenters. The highest BCUT2D eigenvalue weighted by Crippen LogP contribution is 2.60. The highest BCUT2D eigenvalue weighted by atomic mass is 35.5. The number of carbonyl (C=O) groups is 1. The standard InChI is InChI=1S/C17H24N2O.ClH/c1-16(2,11-18)19-15(20)14-10-17(14)9-5-7-12-6-3-4-8-13(12)17;/h3-4,6,8,14H,5,7,9-11,18H2,1-2H3,(H,19,20);1H. The molecule has 1 aromatic rings. The minimum atomic E-state index is -0.310. The summed E-state index contributed by atoms with van der Waals surface area (Å²) in [5.41, 5.74) is 8.36. The monoisotopic (exact) mass is 308 g/mol. The first-order valence-corrected chi connectivity index (χ1v) is 7.59. The van der Waals surface area contributed by atoms with Gasteiger partial charge in [-0.05, 0) is 50.7 Å². The van der Waals surface area contributed by atoms with Crippen molar-refractivity contribution in [2.75, 3.05) is 6.54 Å². The molecule has 1 spiro atoms. The van der Waals surface area contributed by atoms with Gasteiger partial charge in [-0.15, -0.1) is 12.4 Å². The summed E-state index contributed by atoms with van der Waals surface area (Å²) < 4.78 is 0. The molecule has 4 heteroatoms. The predicted octanol–water partition coefficient (Wildman–Crippen LogP) is 2.56. The Hall–Kier alpha value is -1.06. The zero-order valence-corrected chi connectivity index (χ0v) is 13.6. The fourth-order valence-corrected chi connectivity index (χ4v) is 3.65. The van der Waals surface area contributed by atoms with Crippen molar-refractivity contribution in [3.05, 3.63) is 35.4 Å². The number of benzene rings is 1. The Labute approximate surface area is 133 Å². The minimum absolute atomic E-state index is 0. The van der Waals surface area contributed by atoms with E-state index >= 15 is 0 Å². The number of nitrogens with one attached hydrogen (secondary N) is 1. The summed E-state index contributed by atoms with van der Waals surface area (Å²) in [4.78, 5) is 12.5. The topological polar surface area (TPSA) is 55.1 Å². The molecule has 0 radical (unpaired) electrons. The van der Waals surface area contributed by atoms with Crippen molar-refractivity contribution in [1.29, 1.82) is 0 Å². The van der Waals surface area contributed by atoms with Crippen molar-refractivity contribution < 1.29 is 4.79 Å². The Morgan fingerprint density at radius 3 is 2.86 bits per heavy atom. The molecule has 1 fully saturated rings. The molecule has 2 aliphatic carbocycles. The van der Waals surface area contributed by atoms with E-state index < -0.39 is 0 Å². The number of aryl methyl sites for hydroxylation is 1. The second-order valence-electron chi connectivity index (χ2n) is 7.00. The summed E-state index contributed by atoms with van der Waals surface area (Å²) in [5, 5.41) is 3.11. The first kappa shape index (κ1) is 16.3. The van der Waals surface area contributed by atoms with Crippen LogP contribution in [0.5, 0.6) is 0 Å². The zero-order valence-electron chi connectivity index (χ0n) is 12.8. The number of halogens is 1. The lowest BCUT2D eigenvalue weighted by molar-refractivity contribution is -0.124. The first-order chi connectivity index (χ1) is 9.48. The summed E-state index contributed by atoms with van der Waals surface area (Å²) >= 11 is 0. The van der Waals surface area contributed by atoms with E-state index in [1.54, 1.807) is 0 Å². The van der Waals surface area contributed by atoms with Crippen molar-refractivity contribution in [2.45, 2.75) is 50.5 Å². The van der Waals surface area contributed by atoms with Crippen LogP contribution < -0.4 is 11.1 Å². The van der Waals surface area contributed by atoms with Crippen LogP contribution in [0.3, 0.4) is 0 Å². The van der Waals surface area contributed by atoms with Crippen molar-refractivity contribution in [3.63, 3.8) is 0 Å². The average Bonchev–Trinajstić information content (AvgIpc) is 3.14. The van der Waals surface area contributed by atoms with Gasteiger partial charge in [-0.25, -0.2) is 0 Å². The highest BCUT2D eigenvalue weighted by molar-refractivity contribution is 5.85. The molecule has 1 aromatic carbocycles. The van der Waals surface area contributed by atoms with Crippen LogP contribution in [0.15, 0.2) is 24.3 Å². The van der Waals surface area contributed by atoms with Gasteiger partial charge in [0.05, 0.1) is 0 Å². The van der Waals surface area contributed by atoms with Crippen molar-refractivity contribution in [1.82, 2.24) is 5.32 Å². The van der Waals surface area contributed by atoms with Crippen LogP contribution >= 0.6 is 12.4 Å². The molecule has 1 amide bonds. The molecule has 116 valence electrons. The highest BCUT2D eigenvalue weighted by Gasteiger charge is 2.60. The van der Waals surface area contributed by atoms with Gasteiger partial charge in [-0.1, -0.05) is 24.3 Å². The molecule has 3 rings (SSSR count). The van der Waals surface area contributed by atoms with Gasteiger partial charge in [-0.2, -0.15) is 0 Å². The van der Waals surface area contributed by atoms with E-state index in [1.807, 2.05) is 13.8 Å². The smallest absolute Gasteiger partial charge is 0.224 e. The average molecular weight is 309 g/mol. The van der Waals surface area contributed by atoms with Crippen molar-refractivity contribution >= 4 is 18.3 Å². The van der Waals surface area contributed by atoms with E-state index in [1.165, 1.54) is 17.5 Å². The van der Waals surface area contributed by atoms with Gasteiger partial charge in [0.15, 0.2) is 0 Å². The van der Waals surface area contributed by atoms with E-state index in [0.29, 0.717) is 6.54 Å². The molecule has 0 heterocycles. The molecular weight excluding hydrogens is 284 g/mol. The molecule has 0 saturated heterocycles. The SMILES string of the molecule is CC(C)(CN)NC(=O)C1CC12CCCc1ccccc12.Cl. The van der Waals surface area contributed by atoms with Crippen LogP contribution in [0, 0.1) is 5.92 Å². The number of fused-ring (bicyclic) bond motifs is 2. The largest absolute Gasteiger partial charge is 0.350 e. The second kappa shape index (κ2) is 5.62. The fraction of sp³-hybridized carbons (Fsp3) is 0.588. The second-order valence-corrected chi connectivity index (χ2v) is 7.00. The fourth-order valence-electron chi connectivity index (χ4n) is 3.65. The lowest BCUT2D eigenvalue weighted by Crippen LogP contribution is -2.50. The predicted molar refractivity (Wildman–Crippen MR) is 87.7 cm³/mol. The van der Waals surface area contributed by atoms with E-state index in [4.69, 9.17) is 5.73 Å². The molecule has 3 nitrogen and oxygen atoms in total. The van der Waals surface area contributed by atoms with Gasteiger partial charge in [0.1, 0.15) is 0 Å². The Bertz CT molecular complexity index is 543. The van der Waals surface area contributed by atoms with Crippen molar-refractivity contribution in [3.8, 4) is 0 Å². The maximum atomic E-state index is 12.5. The summed E-state index contributed by atoms with van der Waals surface area (Å²) in [5.74, 6) is 0.312. The van der Waals surface area contributed by atoms with Gasteiger partial charge in [0.2, 0.25) is 5.91 Å². The summed E-state index contributed by atoms with van der Waals surface area (Å²) in [6.07, 6.45) is 4.49. The number of amides is 1. The number of rotatable bonds is 3. The van der Waals surface area contributed by atoms with Crippen LogP contribution in [0.2, 0.25) is 0 Å². The lowest BCUT2D eigenvalue weighted by atomic mass is 9.78. The number of nitrogens with two attached hydrogens (primary N) is 1. The molecule has 2 aliphatic rings. The molecule has 0 aromatic heterocycles. The zero-order chi connectivity index (χ0) is 14.4. The van der Waals surface area contributed by atoms with E-state index in [2.05, 4.69) is 29.6 Å². The summed E-state index contributed by atoms with van der Waals surface area (Å²) in [6, 6.07) is 8.64. The Kier molecular flexibility index (Phi) is 4.36. The van der Waals surface area contributed by atoms with Gasteiger partial charge in [0.25, 0.3) is 0 Å². The van der Waals surface area contributed by atoms with Crippen molar-refractivity contribution in [2.24, 2.45) is 11.7 Å². The first-order valence-electron chi connectivity index (χ1n) is 7.59. The molecule has 1 saturated carbocycles. The minimum Gasteiger partial charge on any atom is -0.350 e. The van der Waals surface area contributed by atoms with Crippen LogP contribution in [-0.4, -0.2) is 18.0 Å². The van der Waals surface area contributed by atoms with Gasteiger partial charge >= 0.3 is 0 Å². The Morgan fingerprint density at radius 2 is 2.14 bits per heavy atom. The Balaban J connectivity index is 0.00000161. The van der Waals surface area contributed by atoms with Crippen LogP contribution in [-0.2, 0) is 16.6 Å². The molecule has 3 N–H and O–H groups in total. The summed E-state index contributed by atoms with van der Waals surface area (Å²) in [6.45, 7) is 4.43. The maximum absolute atomic E-state index is 12.5. The van der Waals surface area contributed by atoms with Gasteiger partial charge < -0.3 is 11.1 Å². The number of carbonyl (C=O) groups excluding carboxylic acids is 1. The third-order valence-electron chi connectivity index (χ3n) is 4.99. The van der Waals surface area contributed by atoms with E-state index in [-0.39, 0.29) is 35.2 Å². The number of hydrogen-bond acceptors (Lipinski definition) is 2. The third-order valence-corrected chi connectivity index (χ3v) is 4.99. The molecular formula is C17H25ClN2O. The number of hydrogen-bond donors (Lipinski definition) is 2. The summed E-state index contributed by atoms with van der Waals surface area (Å²) in [7, 11) is 0. The van der Waals surface area contributed by atoms with Crippen LogP contribution in [0.1, 0.15) is 44.2 Å². The molecule has 0 bridgehead atoms. The normalized spacial score (nSPS) is 26.7. The van der Waals surface area contributed by atoms with Gasteiger partial charge in [-0.3, -0.25) is 4.79 Å². The molecule has 2 atom stereocenters. The molecule has 0 aliphatic heterocycles. The third kappa shape index (κ3) is 2.82. The Morgan fingerprint density at radius 1 is 1.43 bits per heavy atom. The van der Waals surface area contributed by atoms with E-state index in [9.17, 15) is 4.79 Å². The van der Waals surface area contributed by atoms with E-state index in [0.717, 1.165) is 19.3 Å². The maximum Gasteiger partial charge on any atom is 0.224 e. The van der Waals surface area contributed by atoms with Gasteiger partial charge in [0, 0.05) is 23.4 Å². The van der Waals surface area contributed by atoms with Crippen LogP contribution in [0.25, 0.3) is 0 Å². The van der Waals surface area contributed by atoms with Crippen LogP contribution in [0.4, 0.5) is 0 Å². The molecule has 21 heavy (non-hydrogen) atoms.